The Morgan fingerprint density at radius 2 is 1.41 bits per heavy atom. The summed E-state index contributed by atoms with van der Waals surface area (Å²) in [4.78, 5) is 23.2. The number of benzene rings is 2. The summed E-state index contributed by atoms with van der Waals surface area (Å²) >= 11 is 0. The highest BCUT2D eigenvalue weighted by molar-refractivity contribution is 6.08. The zero-order valence-electron chi connectivity index (χ0n) is 11.2. The van der Waals surface area contributed by atoms with Gasteiger partial charge in [-0.25, -0.2) is 13.2 Å². The molecule has 2 aromatic carbocycles. The number of nitrogens with one attached hydrogen (secondary N) is 2. The average Bonchev–Trinajstić information content (AvgIpc) is 2.44. The van der Waals surface area contributed by atoms with Crippen LogP contribution in [0.2, 0.25) is 0 Å². The predicted octanol–water partition coefficient (Wildman–Crippen LogP) is 3.07. The van der Waals surface area contributed by atoms with Gasteiger partial charge >= 0.3 is 0 Å². The van der Waals surface area contributed by atoms with Gasteiger partial charge in [-0.05, 0) is 36.4 Å². The Morgan fingerprint density at radius 1 is 0.818 bits per heavy atom. The maximum absolute atomic E-state index is 13.3. The summed E-state index contributed by atoms with van der Waals surface area (Å²) in [6, 6.07) is 7.65. The van der Waals surface area contributed by atoms with E-state index in [4.69, 9.17) is 0 Å². The Hall–Kier alpha value is -2.83. The van der Waals surface area contributed by atoms with E-state index in [1.54, 1.807) is 0 Å². The van der Waals surface area contributed by atoms with Crippen molar-refractivity contribution in [1.82, 2.24) is 0 Å². The van der Waals surface area contributed by atoms with Gasteiger partial charge in [0.2, 0.25) is 11.8 Å². The molecule has 2 amide bonds. The SMILES string of the molecule is O=C(CC(=O)Nc1ccc(F)cc1F)Nc1ccc(F)cc1. The number of hydrogen-bond acceptors (Lipinski definition) is 2. The lowest BCUT2D eigenvalue weighted by molar-refractivity contribution is -0.123. The van der Waals surface area contributed by atoms with Crippen LogP contribution < -0.4 is 10.6 Å². The van der Waals surface area contributed by atoms with Crippen LogP contribution in [0.4, 0.5) is 24.5 Å². The van der Waals surface area contributed by atoms with Crippen molar-refractivity contribution in [3.63, 3.8) is 0 Å². The minimum Gasteiger partial charge on any atom is -0.326 e. The quantitative estimate of drug-likeness (QED) is 0.853. The van der Waals surface area contributed by atoms with Crippen molar-refractivity contribution < 1.29 is 22.8 Å². The van der Waals surface area contributed by atoms with Crippen molar-refractivity contribution >= 4 is 23.2 Å². The van der Waals surface area contributed by atoms with Gasteiger partial charge in [0.25, 0.3) is 0 Å². The van der Waals surface area contributed by atoms with E-state index in [9.17, 15) is 22.8 Å². The fraction of sp³-hybridized carbons (Fsp3) is 0.0667. The molecule has 0 saturated carbocycles. The summed E-state index contributed by atoms with van der Waals surface area (Å²) in [7, 11) is 0. The maximum atomic E-state index is 13.3. The molecule has 2 aromatic rings. The predicted molar refractivity (Wildman–Crippen MR) is 74.6 cm³/mol. The molecule has 2 rings (SSSR count). The number of rotatable bonds is 4. The molecule has 4 nitrogen and oxygen atoms in total. The molecule has 0 atom stereocenters. The van der Waals surface area contributed by atoms with E-state index >= 15 is 0 Å². The van der Waals surface area contributed by atoms with Crippen molar-refractivity contribution in [2.45, 2.75) is 6.42 Å². The van der Waals surface area contributed by atoms with E-state index in [2.05, 4.69) is 10.6 Å². The molecule has 0 heterocycles. The van der Waals surface area contributed by atoms with E-state index in [-0.39, 0.29) is 5.69 Å². The zero-order chi connectivity index (χ0) is 16.1. The molecule has 0 aliphatic carbocycles. The van der Waals surface area contributed by atoms with E-state index in [0.717, 1.165) is 24.3 Å². The maximum Gasteiger partial charge on any atom is 0.233 e. The molecular weight excluding hydrogens is 297 g/mol. The lowest BCUT2D eigenvalue weighted by atomic mass is 10.2. The average molecular weight is 308 g/mol. The standard InChI is InChI=1S/C15H11F3N2O2/c16-9-1-4-11(5-2-9)19-14(21)8-15(22)20-13-6-3-10(17)7-12(13)18/h1-7H,8H2,(H,19,21)(H,20,22). The van der Waals surface area contributed by atoms with Gasteiger partial charge in [0, 0.05) is 11.8 Å². The normalized spacial score (nSPS) is 10.1. The number of carbonyl (C=O) groups is 2. The molecule has 0 fully saturated rings. The summed E-state index contributed by atoms with van der Waals surface area (Å²) in [6.07, 6.45) is -0.561. The van der Waals surface area contributed by atoms with Crippen LogP contribution in [-0.2, 0) is 9.59 Å². The number of anilines is 2. The number of amides is 2. The van der Waals surface area contributed by atoms with Crippen LogP contribution in [0.5, 0.6) is 0 Å². The van der Waals surface area contributed by atoms with E-state index in [1.165, 1.54) is 12.1 Å². The van der Waals surface area contributed by atoms with Gasteiger partial charge in [-0.1, -0.05) is 0 Å². The summed E-state index contributed by atoms with van der Waals surface area (Å²) < 4.78 is 38.8. The summed E-state index contributed by atoms with van der Waals surface area (Å²) in [5.74, 6) is -3.57. The Bertz CT molecular complexity index is 702. The first-order valence-corrected chi connectivity index (χ1v) is 6.24. The van der Waals surface area contributed by atoms with Crippen molar-refractivity contribution in [2.75, 3.05) is 10.6 Å². The fourth-order valence-electron chi connectivity index (χ4n) is 1.67. The van der Waals surface area contributed by atoms with Gasteiger partial charge in [0.15, 0.2) is 0 Å². The zero-order valence-corrected chi connectivity index (χ0v) is 11.2. The Balaban J connectivity index is 1.91. The molecule has 0 spiro atoms. The molecule has 0 aliphatic rings. The molecule has 114 valence electrons. The largest absolute Gasteiger partial charge is 0.326 e. The van der Waals surface area contributed by atoms with Crippen LogP contribution >= 0.6 is 0 Å². The van der Waals surface area contributed by atoms with E-state index in [0.29, 0.717) is 11.8 Å². The molecule has 2 N–H and O–H groups in total. The third-order valence-electron chi connectivity index (χ3n) is 2.65. The minimum atomic E-state index is -0.938. The molecular formula is C15H11F3N2O2. The van der Waals surface area contributed by atoms with Crippen molar-refractivity contribution in [2.24, 2.45) is 0 Å². The summed E-state index contributed by atoms with van der Waals surface area (Å²) in [5.41, 5.74) is 0.105. The number of hydrogen-bond donors (Lipinski definition) is 2. The highest BCUT2D eigenvalue weighted by atomic mass is 19.1. The minimum absolute atomic E-state index is 0.221. The van der Waals surface area contributed by atoms with E-state index in [1.807, 2.05) is 0 Å². The third kappa shape index (κ3) is 4.34. The van der Waals surface area contributed by atoms with Gasteiger partial charge in [-0.2, -0.15) is 0 Å². The molecule has 0 bridgehead atoms. The molecule has 0 aliphatic heterocycles. The van der Waals surface area contributed by atoms with Gasteiger partial charge in [-0.3, -0.25) is 9.59 Å². The van der Waals surface area contributed by atoms with Crippen LogP contribution in [0, 0.1) is 17.5 Å². The Labute approximate surface area is 124 Å². The first-order valence-electron chi connectivity index (χ1n) is 6.24. The molecule has 7 heteroatoms. The smallest absolute Gasteiger partial charge is 0.233 e. The lowest BCUT2D eigenvalue weighted by Gasteiger charge is -2.07. The lowest BCUT2D eigenvalue weighted by Crippen LogP contribution is -2.21. The second kappa shape index (κ2) is 6.75. The second-order valence-corrected chi connectivity index (χ2v) is 4.40. The van der Waals surface area contributed by atoms with Gasteiger partial charge < -0.3 is 10.6 Å². The van der Waals surface area contributed by atoms with Crippen LogP contribution in [0.1, 0.15) is 6.42 Å². The molecule has 0 saturated heterocycles. The van der Waals surface area contributed by atoms with Gasteiger partial charge in [-0.15, -0.1) is 0 Å². The molecule has 0 unspecified atom stereocenters. The van der Waals surface area contributed by atoms with Crippen molar-refractivity contribution in [3.05, 3.63) is 59.9 Å². The Kier molecular flexibility index (Phi) is 4.77. The van der Waals surface area contributed by atoms with E-state index < -0.39 is 35.7 Å². The van der Waals surface area contributed by atoms with Crippen molar-refractivity contribution in [3.8, 4) is 0 Å². The van der Waals surface area contributed by atoms with Crippen LogP contribution in [0.15, 0.2) is 42.5 Å². The first-order chi connectivity index (χ1) is 10.4. The third-order valence-corrected chi connectivity index (χ3v) is 2.65. The molecule has 0 aromatic heterocycles. The van der Waals surface area contributed by atoms with Crippen LogP contribution in [0.3, 0.4) is 0 Å². The second-order valence-electron chi connectivity index (χ2n) is 4.40. The van der Waals surface area contributed by atoms with Crippen LogP contribution in [-0.4, -0.2) is 11.8 Å². The highest BCUT2D eigenvalue weighted by Gasteiger charge is 2.12. The van der Waals surface area contributed by atoms with Gasteiger partial charge in [0.1, 0.15) is 23.9 Å². The van der Waals surface area contributed by atoms with Crippen molar-refractivity contribution in [1.29, 1.82) is 0 Å². The highest BCUT2D eigenvalue weighted by Crippen LogP contribution is 2.15. The number of carbonyl (C=O) groups excluding carboxylic acids is 2. The molecule has 0 radical (unpaired) electrons. The molecule has 22 heavy (non-hydrogen) atoms. The Morgan fingerprint density at radius 3 is 2.05 bits per heavy atom. The number of halogens is 3. The summed E-state index contributed by atoms with van der Waals surface area (Å²) in [5, 5.41) is 4.55. The van der Waals surface area contributed by atoms with Gasteiger partial charge in [0.05, 0.1) is 5.69 Å². The van der Waals surface area contributed by atoms with Crippen LogP contribution in [0.25, 0.3) is 0 Å². The fourth-order valence-corrected chi connectivity index (χ4v) is 1.67. The first kappa shape index (κ1) is 15.6. The monoisotopic (exact) mass is 308 g/mol. The summed E-state index contributed by atoms with van der Waals surface area (Å²) in [6.45, 7) is 0. The topological polar surface area (TPSA) is 58.2 Å².